The first-order chi connectivity index (χ1) is 14.1. The van der Waals surface area contributed by atoms with Crippen LogP contribution < -0.4 is 5.32 Å². The highest BCUT2D eigenvalue weighted by Gasteiger charge is 2.21. The zero-order valence-electron chi connectivity index (χ0n) is 16.8. The second-order valence-electron chi connectivity index (χ2n) is 7.39. The summed E-state index contributed by atoms with van der Waals surface area (Å²) in [6.07, 6.45) is 4.56. The van der Waals surface area contributed by atoms with E-state index in [0.29, 0.717) is 31.2 Å². The van der Waals surface area contributed by atoms with Crippen LogP contribution in [0.3, 0.4) is 0 Å². The first-order valence-corrected chi connectivity index (χ1v) is 10.1. The molecule has 1 amide bonds. The number of benzene rings is 1. The lowest BCUT2D eigenvalue weighted by atomic mass is 10.1. The summed E-state index contributed by atoms with van der Waals surface area (Å²) < 4.78 is 5.50. The Balaban J connectivity index is 1.40. The summed E-state index contributed by atoms with van der Waals surface area (Å²) in [5.41, 5.74) is 1.34. The van der Waals surface area contributed by atoms with Crippen molar-refractivity contribution < 1.29 is 14.3 Å². The summed E-state index contributed by atoms with van der Waals surface area (Å²) in [7, 11) is 0. The number of carbonyl (C=O) groups is 1. The molecule has 0 spiro atoms. The van der Waals surface area contributed by atoms with Crippen molar-refractivity contribution in [2.24, 2.45) is 0 Å². The van der Waals surface area contributed by atoms with E-state index < -0.39 is 0 Å². The molecular weight excluding hydrogens is 368 g/mol. The van der Waals surface area contributed by atoms with E-state index in [1.165, 1.54) is 6.26 Å². The number of aromatic nitrogens is 1. The molecule has 7 nitrogen and oxygen atoms in total. The predicted molar refractivity (Wildman–Crippen MR) is 111 cm³/mol. The highest BCUT2D eigenvalue weighted by Crippen LogP contribution is 2.11. The Morgan fingerprint density at radius 1 is 1.24 bits per heavy atom. The van der Waals surface area contributed by atoms with Crippen LogP contribution in [0.4, 0.5) is 0 Å². The number of carbonyl (C=O) groups excluding carboxylic acids is 1. The van der Waals surface area contributed by atoms with Gasteiger partial charge in [-0.25, -0.2) is 4.98 Å². The molecule has 1 aromatic carbocycles. The monoisotopic (exact) mass is 398 g/mol. The molecule has 29 heavy (non-hydrogen) atoms. The molecule has 1 aromatic heterocycles. The molecule has 1 fully saturated rings. The van der Waals surface area contributed by atoms with Gasteiger partial charge in [0.05, 0.1) is 12.6 Å². The lowest BCUT2D eigenvalue weighted by Crippen LogP contribution is -2.48. The minimum atomic E-state index is -0.303. The van der Waals surface area contributed by atoms with Crippen LogP contribution in [0.15, 0.2) is 53.7 Å². The van der Waals surface area contributed by atoms with Crippen LogP contribution in [0, 0.1) is 0 Å². The second-order valence-corrected chi connectivity index (χ2v) is 7.39. The average molecular weight is 399 g/mol. The number of allylic oxidation sites excluding steroid dienone is 1. The molecule has 2 N–H and O–H groups in total. The summed E-state index contributed by atoms with van der Waals surface area (Å²) in [5, 5.41) is 12.9. The van der Waals surface area contributed by atoms with Gasteiger partial charge in [0, 0.05) is 39.3 Å². The molecule has 1 saturated heterocycles. The Morgan fingerprint density at radius 3 is 2.69 bits per heavy atom. The van der Waals surface area contributed by atoms with Crippen molar-refractivity contribution in [1.29, 1.82) is 0 Å². The van der Waals surface area contributed by atoms with Gasteiger partial charge in [-0.15, -0.1) is 6.58 Å². The maximum Gasteiger partial charge on any atom is 0.273 e. The molecule has 1 aliphatic rings. The Bertz CT molecular complexity index is 769. The standard InChI is InChI=1S/C22H30N4O3/c1-2-3-9-19(27)15-25-10-12-26(13-11-25)16-21-24-20(17-29-21)22(28)23-14-18-7-5-4-6-8-18/h2,4-8,17,19,27H,1,3,9-16H2,(H,23,28). The Morgan fingerprint density at radius 2 is 1.97 bits per heavy atom. The number of hydrogen-bond donors (Lipinski definition) is 2. The first kappa shape index (κ1) is 21.2. The van der Waals surface area contributed by atoms with Gasteiger partial charge in [-0.2, -0.15) is 0 Å². The van der Waals surface area contributed by atoms with Crippen LogP contribution in [-0.4, -0.2) is 64.6 Å². The van der Waals surface area contributed by atoms with Gasteiger partial charge in [0.2, 0.25) is 5.89 Å². The average Bonchev–Trinajstić information content (AvgIpc) is 3.21. The zero-order valence-corrected chi connectivity index (χ0v) is 16.8. The van der Waals surface area contributed by atoms with Crippen molar-refractivity contribution in [2.45, 2.75) is 32.0 Å². The summed E-state index contributed by atoms with van der Waals surface area (Å²) in [4.78, 5) is 21.1. The van der Waals surface area contributed by atoms with Crippen LogP contribution >= 0.6 is 0 Å². The normalized spacial score (nSPS) is 16.4. The highest BCUT2D eigenvalue weighted by atomic mass is 16.3. The number of oxazole rings is 1. The second kappa shape index (κ2) is 10.9. The highest BCUT2D eigenvalue weighted by molar-refractivity contribution is 5.91. The predicted octanol–water partition coefficient (Wildman–Crippen LogP) is 2.05. The lowest BCUT2D eigenvalue weighted by molar-refractivity contribution is 0.0642. The molecule has 3 rings (SSSR count). The van der Waals surface area contributed by atoms with Crippen LogP contribution in [0.2, 0.25) is 0 Å². The quantitative estimate of drug-likeness (QED) is 0.596. The van der Waals surface area contributed by atoms with Gasteiger partial charge >= 0.3 is 0 Å². The van der Waals surface area contributed by atoms with Crippen LogP contribution in [0.5, 0.6) is 0 Å². The van der Waals surface area contributed by atoms with E-state index >= 15 is 0 Å². The summed E-state index contributed by atoms with van der Waals surface area (Å²) >= 11 is 0. The van der Waals surface area contributed by atoms with Crippen molar-refractivity contribution >= 4 is 5.91 Å². The van der Waals surface area contributed by atoms with Crippen LogP contribution in [-0.2, 0) is 13.1 Å². The number of nitrogens with one attached hydrogen (secondary N) is 1. The number of aliphatic hydroxyl groups excluding tert-OH is 1. The van der Waals surface area contributed by atoms with Gasteiger partial charge in [0.1, 0.15) is 6.26 Å². The maximum absolute atomic E-state index is 12.3. The molecular formula is C22H30N4O3. The van der Waals surface area contributed by atoms with Crippen molar-refractivity contribution in [2.75, 3.05) is 32.7 Å². The molecule has 156 valence electrons. The Labute approximate surface area is 172 Å². The largest absolute Gasteiger partial charge is 0.447 e. The van der Waals surface area contributed by atoms with Gasteiger partial charge in [0.15, 0.2) is 5.69 Å². The zero-order chi connectivity index (χ0) is 20.5. The maximum atomic E-state index is 12.3. The van der Waals surface area contributed by atoms with E-state index in [0.717, 1.165) is 44.6 Å². The minimum Gasteiger partial charge on any atom is -0.447 e. The fourth-order valence-corrected chi connectivity index (χ4v) is 3.38. The summed E-state index contributed by atoms with van der Waals surface area (Å²) in [6.45, 7) is 9.00. The number of rotatable bonds is 10. The van der Waals surface area contributed by atoms with Gasteiger partial charge in [-0.1, -0.05) is 36.4 Å². The number of nitrogens with zero attached hydrogens (tertiary/aromatic N) is 3. The molecule has 0 bridgehead atoms. The number of piperazine rings is 1. The Hall–Kier alpha value is -2.48. The van der Waals surface area contributed by atoms with E-state index in [1.807, 2.05) is 36.4 Å². The SMILES string of the molecule is C=CCCC(O)CN1CCN(Cc2nc(C(=O)NCc3ccccc3)co2)CC1. The lowest BCUT2D eigenvalue weighted by Gasteiger charge is -2.34. The van der Waals surface area contributed by atoms with Gasteiger partial charge in [-0.05, 0) is 18.4 Å². The first-order valence-electron chi connectivity index (χ1n) is 10.1. The molecule has 0 radical (unpaired) electrons. The molecule has 1 aliphatic heterocycles. The third-order valence-electron chi connectivity index (χ3n) is 5.08. The fourth-order valence-electron chi connectivity index (χ4n) is 3.38. The van der Waals surface area contributed by atoms with Crippen LogP contribution in [0.1, 0.15) is 34.8 Å². The molecule has 2 heterocycles. The van der Waals surface area contributed by atoms with Gasteiger partial charge in [-0.3, -0.25) is 14.6 Å². The number of β-amino-alcohol motifs (C(OH)–C–C–N with tert-alkyl or cyclic N) is 1. The van der Waals surface area contributed by atoms with Crippen molar-refractivity contribution in [1.82, 2.24) is 20.1 Å². The number of aliphatic hydroxyl groups is 1. The third kappa shape index (κ3) is 6.81. The molecule has 7 heteroatoms. The summed E-state index contributed by atoms with van der Waals surface area (Å²) in [6, 6.07) is 9.76. The fraction of sp³-hybridized carbons (Fsp3) is 0.455. The smallest absolute Gasteiger partial charge is 0.273 e. The molecule has 1 unspecified atom stereocenters. The van der Waals surface area contributed by atoms with E-state index in [4.69, 9.17) is 4.42 Å². The molecule has 1 atom stereocenters. The molecule has 2 aromatic rings. The minimum absolute atomic E-state index is 0.234. The van der Waals surface area contributed by atoms with E-state index in [9.17, 15) is 9.90 Å². The van der Waals surface area contributed by atoms with Gasteiger partial charge < -0.3 is 14.8 Å². The van der Waals surface area contributed by atoms with Gasteiger partial charge in [0.25, 0.3) is 5.91 Å². The van der Waals surface area contributed by atoms with Crippen molar-refractivity contribution in [3.8, 4) is 0 Å². The van der Waals surface area contributed by atoms with Crippen LogP contribution in [0.25, 0.3) is 0 Å². The molecule has 0 saturated carbocycles. The van der Waals surface area contributed by atoms with Crippen molar-refractivity contribution in [3.05, 3.63) is 66.4 Å². The number of hydrogen-bond acceptors (Lipinski definition) is 6. The molecule has 0 aliphatic carbocycles. The van der Waals surface area contributed by atoms with E-state index in [1.54, 1.807) is 0 Å². The van der Waals surface area contributed by atoms with Crippen molar-refractivity contribution in [3.63, 3.8) is 0 Å². The van der Waals surface area contributed by atoms with E-state index in [-0.39, 0.29) is 12.0 Å². The Kier molecular flexibility index (Phi) is 7.98. The van der Waals surface area contributed by atoms with E-state index in [2.05, 4.69) is 26.7 Å². The number of amides is 1. The third-order valence-corrected chi connectivity index (χ3v) is 5.08. The topological polar surface area (TPSA) is 81.8 Å². The summed E-state index contributed by atoms with van der Waals surface area (Å²) in [5.74, 6) is 0.316.